The van der Waals surface area contributed by atoms with E-state index in [2.05, 4.69) is 76.2 Å². The molecule has 0 bridgehead atoms. The normalized spacial score (nSPS) is 19.9. The van der Waals surface area contributed by atoms with Crippen molar-refractivity contribution in [2.24, 2.45) is 7.05 Å². The lowest BCUT2D eigenvalue weighted by molar-refractivity contribution is 0.0427. The van der Waals surface area contributed by atoms with Crippen LogP contribution in [0.1, 0.15) is 62.6 Å². The maximum Gasteiger partial charge on any atom is 0.410 e. The minimum atomic E-state index is -0.715. The van der Waals surface area contributed by atoms with E-state index in [1.54, 1.807) is 39.9 Å². The van der Waals surface area contributed by atoms with Crippen molar-refractivity contribution < 1.29 is 27.8 Å². The molecule has 3 aromatic heterocycles. The molecule has 3 atom stereocenters. The van der Waals surface area contributed by atoms with Crippen molar-refractivity contribution in [3.63, 3.8) is 0 Å². The van der Waals surface area contributed by atoms with E-state index in [1.807, 2.05) is 35.9 Å². The van der Waals surface area contributed by atoms with Crippen molar-refractivity contribution in [3.8, 4) is 40.7 Å². The maximum absolute atomic E-state index is 17.1. The van der Waals surface area contributed by atoms with Crippen LogP contribution in [-0.4, -0.2) is 104 Å². The second-order valence-corrected chi connectivity index (χ2v) is 19.7. The second-order valence-electron chi connectivity index (χ2n) is 19.7. The number of hydrogen-bond donors (Lipinski definition) is 1. The quantitative estimate of drug-likeness (QED) is 0.0879. The van der Waals surface area contributed by atoms with Gasteiger partial charge in [-0.3, -0.25) is 19.5 Å². The van der Waals surface area contributed by atoms with Gasteiger partial charge < -0.3 is 24.6 Å². The third kappa shape index (κ3) is 8.44. The highest BCUT2D eigenvalue weighted by molar-refractivity contribution is 6.04. The van der Waals surface area contributed by atoms with Crippen LogP contribution >= 0.6 is 0 Å². The van der Waals surface area contributed by atoms with Gasteiger partial charge in [0.15, 0.2) is 11.6 Å². The van der Waals surface area contributed by atoms with Gasteiger partial charge in [-0.15, -0.1) is 13.0 Å². The summed E-state index contributed by atoms with van der Waals surface area (Å²) in [4.78, 5) is 48.6. The fourth-order valence-corrected chi connectivity index (χ4v) is 11.6. The number of hydrogen-bond acceptors (Lipinski definition) is 10. The van der Waals surface area contributed by atoms with Gasteiger partial charge in [0.1, 0.15) is 36.1 Å². The SMILES string of the molecule is C#Cc1c(F)ccc2cccc(-c3ncc4c(N(CC)CC=C)nc(OCC56CCC(COC(=O)N7CCCC7c7ccc(-c8ccc9c(N%10CCC(=C)NC%10=O)nn(C)c9c8)cc7)N5CC(=C)C6)nc4c3F)c12. The molecule has 0 saturated carbocycles. The van der Waals surface area contributed by atoms with Crippen LogP contribution in [0, 0.1) is 24.0 Å². The zero-order valence-electron chi connectivity index (χ0n) is 41.5. The molecule has 0 radical (unpaired) electrons. The standard InChI is InChI=1S/C58H56F2N10O4/c1-7-26-67(9-3)53-45-31-61-51(44-13-10-12-39-20-22-46(59)42(8-2)49(39)44)50(60)52(45)63-55(64-53)74-34-58-25-23-41(70(58)32-35(4)30-58)33-73-57(72)68-27-11-14-47(68)38-17-15-37(16-18-38)40-19-21-43-48(29-40)66(6)65-54(43)69-28-24-36(5)62-56(69)71/h2,7,10,12-13,15-22,29,31,41,47H,1,4-5,9,11,14,23-28,30,32-34H2,3,6H3,(H,62,71). The average Bonchev–Trinajstić information content (AvgIpc) is 4.19. The lowest BCUT2D eigenvalue weighted by atomic mass is 9.94. The summed E-state index contributed by atoms with van der Waals surface area (Å²) in [7, 11) is 1.88. The topological polar surface area (TPSA) is 134 Å². The molecule has 11 rings (SSSR count). The van der Waals surface area contributed by atoms with Crippen molar-refractivity contribution >= 4 is 56.3 Å². The maximum atomic E-state index is 17.1. The Kier molecular flexibility index (Phi) is 12.6. The van der Waals surface area contributed by atoms with Gasteiger partial charge in [-0.2, -0.15) is 15.1 Å². The van der Waals surface area contributed by atoms with E-state index < -0.39 is 17.2 Å². The Morgan fingerprint density at radius 1 is 1.04 bits per heavy atom. The number of benzene rings is 4. The number of likely N-dealkylation sites (tertiary alicyclic amines) is 1. The Bertz CT molecular complexity index is 3500. The van der Waals surface area contributed by atoms with Crippen molar-refractivity contribution in [1.82, 2.24) is 39.8 Å². The first kappa shape index (κ1) is 48.1. The largest absolute Gasteiger partial charge is 0.461 e. The minimum absolute atomic E-state index is 0.00130. The van der Waals surface area contributed by atoms with Crippen LogP contribution < -0.4 is 19.9 Å². The van der Waals surface area contributed by atoms with Crippen LogP contribution in [-0.2, 0) is 11.8 Å². The highest BCUT2D eigenvalue weighted by atomic mass is 19.1. The molecule has 4 fully saturated rings. The number of nitrogens with one attached hydrogen (secondary N) is 1. The number of pyridine rings is 1. The van der Waals surface area contributed by atoms with Gasteiger partial charge in [0.25, 0.3) is 0 Å². The third-order valence-corrected chi connectivity index (χ3v) is 15.3. The molecule has 0 spiro atoms. The number of urea groups is 1. The summed E-state index contributed by atoms with van der Waals surface area (Å²) in [5, 5.41) is 9.82. The van der Waals surface area contributed by atoms with E-state index in [4.69, 9.17) is 26.0 Å². The molecule has 4 aliphatic heterocycles. The highest BCUT2D eigenvalue weighted by Gasteiger charge is 2.52. The number of anilines is 2. The Hall–Kier alpha value is -8.16. The molecule has 4 aromatic carbocycles. The van der Waals surface area contributed by atoms with E-state index in [1.165, 1.54) is 12.3 Å². The predicted octanol–water partition coefficient (Wildman–Crippen LogP) is 10.6. The molecule has 7 heterocycles. The Morgan fingerprint density at radius 3 is 2.65 bits per heavy atom. The first-order valence-electron chi connectivity index (χ1n) is 25.1. The van der Waals surface area contributed by atoms with Gasteiger partial charge in [0.05, 0.1) is 28.0 Å². The first-order valence-corrected chi connectivity index (χ1v) is 25.1. The van der Waals surface area contributed by atoms with Gasteiger partial charge >= 0.3 is 18.1 Å². The van der Waals surface area contributed by atoms with Gasteiger partial charge in [-0.05, 0) is 79.3 Å². The molecule has 3 amide bonds. The summed E-state index contributed by atoms with van der Waals surface area (Å²) >= 11 is 0. The molecule has 376 valence electrons. The Balaban J connectivity index is 0.786. The fourth-order valence-electron chi connectivity index (χ4n) is 11.6. The molecular weight excluding hydrogens is 939 g/mol. The van der Waals surface area contributed by atoms with Crippen LogP contribution in [0.4, 0.5) is 30.0 Å². The summed E-state index contributed by atoms with van der Waals surface area (Å²) in [6.07, 6.45) is 13.3. The minimum Gasteiger partial charge on any atom is -0.461 e. The number of aryl methyl sites for hydroxylation is 1. The molecular formula is C58H56F2N10O4. The monoisotopic (exact) mass is 994 g/mol. The smallest absolute Gasteiger partial charge is 0.410 e. The zero-order valence-corrected chi connectivity index (χ0v) is 41.5. The van der Waals surface area contributed by atoms with E-state index in [9.17, 15) is 9.59 Å². The number of ether oxygens (including phenoxy) is 2. The van der Waals surface area contributed by atoms with E-state index in [0.29, 0.717) is 84.6 Å². The summed E-state index contributed by atoms with van der Waals surface area (Å²) in [5.41, 5.74) is 5.60. The molecule has 0 aliphatic carbocycles. The molecule has 14 nitrogen and oxygen atoms in total. The number of rotatable bonds is 13. The number of aromatic nitrogens is 5. The van der Waals surface area contributed by atoms with Crippen molar-refractivity contribution in [2.45, 2.75) is 63.1 Å². The highest BCUT2D eigenvalue weighted by Crippen LogP contribution is 2.45. The van der Waals surface area contributed by atoms with Crippen LogP contribution in [0.3, 0.4) is 0 Å². The zero-order chi connectivity index (χ0) is 51.4. The molecule has 7 aromatic rings. The Labute approximate surface area is 428 Å². The number of halogens is 2. The number of nitrogens with zero attached hydrogens (tertiary/aromatic N) is 9. The number of fused-ring (bicyclic) bond motifs is 4. The number of carbonyl (C=O) groups excluding carboxylic acids is 2. The van der Waals surface area contributed by atoms with Crippen molar-refractivity contribution in [1.29, 1.82) is 0 Å². The lowest BCUT2D eigenvalue weighted by Crippen LogP contribution is -2.48. The van der Waals surface area contributed by atoms with Crippen molar-refractivity contribution in [2.75, 3.05) is 55.7 Å². The summed E-state index contributed by atoms with van der Waals surface area (Å²) in [6.45, 7) is 17.2. The van der Waals surface area contributed by atoms with E-state index in [-0.39, 0.29) is 60.2 Å². The fraction of sp³-hybridized carbons (Fsp3) is 0.310. The van der Waals surface area contributed by atoms with Crippen LogP contribution in [0.25, 0.3) is 55.0 Å². The number of carbonyl (C=O) groups is 2. The average molecular weight is 995 g/mol. The molecule has 4 saturated heterocycles. The summed E-state index contributed by atoms with van der Waals surface area (Å²) < 4.78 is 46.6. The van der Waals surface area contributed by atoms with Crippen LogP contribution in [0.15, 0.2) is 116 Å². The molecule has 3 unspecified atom stereocenters. The lowest BCUT2D eigenvalue weighted by Gasteiger charge is -2.34. The summed E-state index contributed by atoms with van der Waals surface area (Å²) in [6, 6.07) is 22.2. The molecule has 74 heavy (non-hydrogen) atoms. The van der Waals surface area contributed by atoms with Crippen LogP contribution in [0.2, 0.25) is 0 Å². The predicted molar refractivity (Wildman–Crippen MR) is 284 cm³/mol. The number of terminal acetylenes is 1. The van der Waals surface area contributed by atoms with E-state index >= 15 is 8.78 Å². The van der Waals surface area contributed by atoms with Crippen LogP contribution in [0.5, 0.6) is 6.01 Å². The molecule has 1 N–H and O–H groups in total. The van der Waals surface area contributed by atoms with Gasteiger partial charge in [0.2, 0.25) is 0 Å². The first-order chi connectivity index (χ1) is 35.9. The summed E-state index contributed by atoms with van der Waals surface area (Å²) in [5.74, 6) is 2.20. The van der Waals surface area contributed by atoms with Gasteiger partial charge in [-0.25, -0.2) is 18.4 Å². The third-order valence-electron chi connectivity index (χ3n) is 15.3. The van der Waals surface area contributed by atoms with Gasteiger partial charge in [-0.1, -0.05) is 85.3 Å². The molecule has 4 aliphatic rings. The van der Waals surface area contributed by atoms with Gasteiger partial charge in [0, 0.05) is 80.5 Å². The molecule has 16 heteroatoms. The number of likely N-dealkylation sites (N-methyl/N-ethyl adjacent to an activating group) is 1. The Morgan fingerprint density at radius 2 is 1.86 bits per heavy atom. The number of amides is 3. The second kappa shape index (κ2) is 19.4. The van der Waals surface area contributed by atoms with Crippen molar-refractivity contribution in [3.05, 3.63) is 139 Å². The van der Waals surface area contributed by atoms with E-state index in [0.717, 1.165) is 58.8 Å².